The van der Waals surface area contributed by atoms with Gasteiger partial charge in [-0.3, -0.25) is 0 Å². The monoisotopic (exact) mass is 219 g/mol. The highest BCUT2D eigenvalue weighted by molar-refractivity contribution is 5.36. The maximum absolute atomic E-state index is 4.63. The molecule has 1 aromatic heterocycles. The molecule has 2 rings (SSSR count). The first-order chi connectivity index (χ1) is 7.83. The lowest BCUT2D eigenvalue weighted by Gasteiger charge is -2.24. The van der Waals surface area contributed by atoms with Gasteiger partial charge in [0.05, 0.1) is 0 Å². The van der Waals surface area contributed by atoms with Crippen molar-refractivity contribution in [2.75, 3.05) is 11.9 Å². The SMILES string of the molecule is CCCNc1cc(CC)nc(C2CCC2)n1. The molecule has 1 N–H and O–H groups in total. The zero-order valence-corrected chi connectivity index (χ0v) is 10.3. The first-order valence-electron chi connectivity index (χ1n) is 6.45. The Kier molecular flexibility index (Phi) is 3.75. The fraction of sp³-hybridized carbons (Fsp3) is 0.692. The van der Waals surface area contributed by atoms with Crippen molar-refractivity contribution in [2.45, 2.75) is 51.9 Å². The minimum Gasteiger partial charge on any atom is -0.370 e. The molecule has 0 saturated heterocycles. The molecule has 1 aliphatic carbocycles. The van der Waals surface area contributed by atoms with E-state index >= 15 is 0 Å². The van der Waals surface area contributed by atoms with Crippen LogP contribution in [0.2, 0.25) is 0 Å². The Bertz CT molecular complexity index is 345. The summed E-state index contributed by atoms with van der Waals surface area (Å²) in [5.41, 5.74) is 1.16. The van der Waals surface area contributed by atoms with Crippen molar-refractivity contribution in [1.29, 1.82) is 0 Å². The van der Waals surface area contributed by atoms with Crippen LogP contribution >= 0.6 is 0 Å². The van der Waals surface area contributed by atoms with Gasteiger partial charge in [0.1, 0.15) is 11.6 Å². The summed E-state index contributed by atoms with van der Waals surface area (Å²) in [6.45, 7) is 5.31. The molecule has 3 nitrogen and oxygen atoms in total. The number of nitrogens with zero attached hydrogens (tertiary/aromatic N) is 2. The molecule has 0 aliphatic heterocycles. The third kappa shape index (κ3) is 2.52. The van der Waals surface area contributed by atoms with Crippen LogP contribution in [-0.2, 0) is 6.42 Å². The van der Waals surface area contributed by atoms with Crippen LogP contribution in [0.3, 0.4) is 0 Å². The van der Waals surface area contributed by atoms with Gasteiger partial charge in [-0.25, -0.2) is 9.97 Å². The summed E-state index contributed by atoms with van der Waals surface area (Å²) >= 11 is 0. The number of aryl methyl sites for hydroxylation is 1. The summed E-state index contributed by atoms with van der Waals surface area (Å²) in [6.07, 6.45) is 5.98. The van der Waals surface area contributed by atoms with E-state index < -0.39 is 0 Å². The highest BCUT2D eigenvalue weighted by atomic mass is 15.0. The Morgan fingerprint density at radius 1 is 1.31 bits per heavy atom. The predicted molar refractivity (Wildman–Crippen MR) is 66.8 cm³/mol. The summed E-state index contributed by atoms with van der Waals surface area (Å²) < 4.78 is 0. The molecule has 1 aromatic rings. The molecule has 3 heteroatoms. The van der Waals surface area contributed by atoms with Crippen molar-refractivity contribution in [2.24, 2.45) is 0 Å². The van der Waals surface area contributed by atoms with Gasteiger partial charge in [0, 0.05) is 24.2 Å². The molecule has 16 heavy (non-hydrogen) atoms. The van der Waals surface area contributed by atoms with Gasteiger partial charge in [0.2, 0.25) is 0 Å². The fourth-order valence-electron chi connectivity index (χ4n) is 1.89. The molecule has 0 radical (unpaired) electrons. The third-order valence-electron chi connectivity index (χ3n) is 3.19. The Labute approximate surface area is 97.7 Å². The second kappa shape index (κ2) is 5.28. The van der Waals surface area contributed by atoms with Crippen LogP contribution in [0.1, 0.15) is 57.0 Å². The average molecular weight is 219 g/mol. The normalized spacial score (nSPS) is 15.9. The molecule has 0 spiro atoms. The van der Waals surface area contributed by atoms with Crippen LogP contribution in [0.25, 0.3) is 0 Å². The highest BCUT2D eigenvalue weighted by Crippen LogP contribution is 2.34. The molecule has 88 valence electrons. The molecule has 1 heterocycles. The van der Waals surface area contributed by atoms with Gasteiger partial charge in [-0.05, 0) is 25.7 Å². The Balaban J connectivity index is 2.16. The van der Waals surface area contributed by atoms with E-state index in [1.165, 1.54) is 19.3 Å². The first kappa shape index (κ1) is 11.4. The van der Waals surface area contributed by atoms with E-state index in [9.17, 15) is 0 Å². The summed E-state index contributed by atoms with van der Waals surface area (Å²) in [5.74, 6) is 2.69. The summed E-state index contributed by atoms with van der Waals surface area (Å²) in [7, 11) is 0. The fourth-order valence-corrected chi connectivity index (χ4v) is 1.89. The van der Waals surface area contributed by atoms with Crippen molar-refractivity contribution >= 4 is 5.82 Å². The van der Waals surface area contributed by atoms with Gasteiger partial charge in [0.15, 0.2) is 0 Å². The molecular weight excluding hydrogens is 198 g/mol. The molecule has 0 amide bonds. The van der Waals surface area contributed by atoms with E-state index in [4.69, 9.17) is 0 Å². The maximum Gasteiger partial charge on any atom is 0.134 e. The average Bonchev–Trinajstić information content (AvgIpc) is 2.23. The second-order valence-corrected chi connectivity index (χ2v) is 4.51. The van der Waals surface area contributed by atoms with Gasteiger partial charge in [-0.15, -0.1) is 0 Å². The lowest BCUT2D eigenvalue weighted by Crippen LogP contribution is -2.15. The van der Waals surface area contributed by atoms with E-state index in [1.54, 1.807) is 0 Å². The minimum absolute atomic E-state index is 0.619. The van der Waals surface area contributed by atoms with E-state index in [2.05, 4.69) is 35.2 Å². The van der Waals surface area contributed by atoms with Gasteiger partial charge in [0.25, 0.3) is 0 Å². The first-order valence-corrected chi connectivity index (χ1v) is 6.45. The van der Waals surface area contributed by atoms with Crippen LogP contribution in [-0.4, -0.2) is 16.5 Å². The molecule has 0 atom stereocenters. The largest absolute Gasteiger partial charge is 0.370 e. The minimum atomic E-state index is 0.619. The molecule has 0 bridgehead atoms. The van der Waals surface area contributed by atoms with Gasteiger partial charge in [-0.2, -0.15) is 0 Å². The molecule has 1 fully saturated rings. The zero-order valence-electron chi connectivity index (χ0n) is 10.3. The quantitative estimate of drug-likeness (QED) is 0.826. The Morgan fingerprint density at radius 3 is 2.69 bits per heavy atom. The summed E-state index contributed by atoms with van der Waals surface area (Å²) in [4.78, 5) is 9.25. The number of hydrogen-bond acceptors (Lipinski definition) is 3. The molecule has 0 aromatic carbocycles. The highest BCUT2D eigenvalue weighted by Gasteiger charge is 2.22. The molecular formula is C13H21N3. The molecule has 1 aliphatic rings. The number of rotatable bonds is 5. The molecule has 1 saturated carbocycles. The summed E-state index contributed by atoms with van der Waals surface area (Å²) in [5, 5.41) is 3.36. The lowest BCUT2D eigenvalue weighted by molar-refractivity contribution is 0.400. The Hall–Kier alpha value is -1.12. The van der Waals surface area contributed by atoms with Crippen molar-refractivity contribution in [3.05, 3.63) is 17.6 Å². The predicted octanol–water partition coefficient (Wildman–Crippen LogP) is 3.13. The van der Waals surface area contributed by atoms with Crippen molar-refractivity contribution < 1.29 is 0 Å². The van der Waals surface area contributed by atoms with Gasteiger partial charge in [-0.1, -0.05) is 20.3 Å². The van der Waals surface area contributed by atoms with Crippen molar-refractivity contribution in [1.82, 2.24) is 9.97 Å². The molecule has 0 unspecified atom stereocenters. The van der Waals surface area contributed by atoms with Crippen molar-refractivity contribution in [3.8, 4) is 0 Å². The number of anilines is 1. The zero-order chi connectivity index (χ0) is 11.4. The van der Waals surface area contributed by atoms with E-state index in [0.29, 0.717) is 5.92 Å². The topological polar surface area (TPSA) is 37.8 Å². The van der Waals surface area contributed by atoms with Crippen LogP contribution < -0.4 is 5.32 Å². The van der Waals surface area contributed by atoms with Crippen LogP contribution in [0, 0.1) is 0 Å². The second-order valence-electron chi connectivity index (χ2n) is 4.51. The lowest BCUT2D eigenvalue weighted by atomic mass is 9.85. The smallest absolute Gasteiger partial charge is 0.134 e. The van der Waals surface area contributed by atoms with Crippen molar-refractivity contribution in [3.63, 3.8) is 0 Å². The maximum atomic E-state index is 4.63. The number of nitrogens with one attached hydrogen (secondary N) is 1. The number of hydrogen-bond donors (Lipinski definition) is 1. The standard InChI is InChI=1S/C13H21N3/c1-3-8-14-12-9-11(4-2)15-13(16-12)10-6-5-7-10/h9-10H,3-8H2,1-2H3,(H,14,15,16). The van der Waals surface area contributed by atoms with Crippen LogP contribution in [0.4, 0.5) is 5.82 Å². The van der Waals surface area contributed by atoms with Gasteiger partial charge < -0.3 is 5.32 Å². The van der Waals surface area contributed by atoms with E-state index in [0.717, 1.165) is 36.7 Å². The third-order valence-corrected chi connectivity index (χ3v) is 3.19. The van der Waals surface area contributed by atoms with Crippen LogP contribution in [0.15, 0.2) is 6.07 Å². The van der Waals surface area contributed by atoms with Gasteiger partial charge >= 0.3 is 0 Å². The van der Waals surface area contributed by atoms with E-state index in [-0.39, 0.29) is 0 Å². The summed E-state index contributed by atoms with van der Waals surface area (Å²) in [6, 6.07) is 2.08. The van der Waals surface area contributed by atoms with Crippen LogP contribution in [0.5, 0.6) is 0 Å². The van der Waals surface area contributed by atoms with E-state index in [1.807, 2.05) is 0 Å². The Morgan fingerprint density at radius 2 is 2.12 bits per heavy atom. The number of aromatic nitrogens is 2.